The van der Waals surface area contributed by atoms with Crippen LogP contribution >= 0.6 is 0 Å². The van der Waals surface area contributed by atoms with Gasteiger partial charge in [-0.15, -0.1) is 0 Å². The Morgan fingerprint density at radius 2 is 1.94 bits per heavy atom. The number of hydrogen-bond donors (Lipinski definition) is 0. The lowest BCUT2D eigenvalue weighted by Crippen LogP contribution is -2.15. The monoisotopic (exact) mass is 260 g/mol. The SMILES string of the molecule is CC(C(=O)c1ccc(C(F)(F)F)c(F)c1)C1CC1. The summed E-state index contributed by atoms with van der Waals surface area (Å²) in [7, 11) is 0. The van der Waals surface area contributed by atoms with Gasteiger partial charge in [0.25, 0.3) is 0 Å². The van der Waals surface area contributed by atoms with Crippen LogP contribution < -0.4 is 0 Å². The fraction of sp³-hybridized carbons (Fsp3) is 0.462. The molecule has 0 N–H and O–H groups in total. The van der Waals surface area contributed by atoms with Gasteiger partial charge in [-0.3, -0.25) is 4.79 Å². The summed E-state index contributed by atoms with van der Waals surface area (Å²) in [6.07, 6.45) is -2.82. The van der Waals surface area contributed by atoms with E-state index in [2.05, 4.69) is 0 Å². The Balaban J connectivity index is 2.25. The number of halogens is 4. The highest BCUT2D eigenvalue weighted by atomic mass is 19.4. The van der Waals surface area contributed by atoms with E-state index >= 15 is 0 Å². The van der Waals surface area contributed by atoms with E-state index in [4.69, 9.17) is 0 Å². The van der Waals surface area contributed by atoms with Crippen molar-refractivity contribution >= 4 is 5.78 Å². The van der Waals surface area contributed by atoms with Crippen LogP contribution in [0.1, 0.15) is 35.7 Å². The van der Waals surface area contributed by atoms with Gasteiger partial charge in [-0.05, 0) is 30.9 Å². The van der Waals surface area contributed by atoms with Crippen LogP contribution in [0.15, 0.2) is 18.2 Å². The molecule has 1 saturated carbocycles. The summed E-state index contributed by atoms with van der Waals surface area (Å²) in [5.41, 5.74) is -1.32. The Labute approximate surface area is 102 Å². The first-order valence-corrected chi connectivity index (χ1v) is 5.71. The van der Waals surface area contributed by atoms with Crippen LogP contribution in [0.2, 0.25) is 0 Å². The second kappa shape index (κ2) is 4.37. The standard InChI is InChI=1S/C13H12F4O/c1-7(8-2-3-8)12(18)9-4-5-10(11(14)6-9)13(15,16)17/h4-8H,2-3H2,1H3. The zero-order valence-electron chi connectivity index (χ0n) is 9.72. The lowest BCUT2D eigenvalue weighted by Gasteiger charge is -2.11. The van der Waals surface area contributed by atoms with Crippen LogP contribution in [0.25, 0.3) is 0 Å². The van der Waals surface area contributed by atoms with Gasteiger partial charge in [0.2, 0.25) is 0 Å². The lowest BCUT2D eigenvalue weighted by atomic mass is 9.94. The molecule has 1 unspecified atom stereocenters. The first kappa shape index (κ1) is 13.1. The maximum absolute atomic E-state index is 13.3. The van der Waals surface area contributed by atoms with Crippen molar-refractivity contribution in [2.75, 3.05) is 0 Å². The van der Waals surface area contributed by atoms with Gasteiger partial charge < -0.3 is 0 Å². The van der Waals surface area contributed by atoms with E-state index in [-0.39, 0.29) is 17.3 Å². The van der Waals surface area contributed by atoms with Crippen molar-refractivity contribution in [1.29, 1.82) is 0 Å². The number of carbonyl (C=O) groups is 1. The molecule has 0 amide bonds. The predicted molar refractivity (Wildman–Crippen MR) is 57.6 cm³/mol. The van der Waals surface area contributed by atoms with E-state index in [0.29, 0.717) is 18.1 Å². The molecule has 0 spiro atoms. The first-order valence-electron chi connectivity index (χ1n) is 5.71. The Hall–Kier alpha value is -1.39. The Morgan fingerprint density at radius 1 is 1.33 bits per heavy atom. The molecule has 0 saturated heterocycles. The van der Waals surface area contributed by atoms with Crippen LogP contribution in [0, 0.1) is 17.7 Å². The smallest absolute Gasteiger partial charge is 0.294 e. The minimum atomic E-state index is -4.73. The number of carbonyl (C=O) groups excluding carboxylic acids is 1. The zero-order valence-corrected chi connectivity index (χ0v) is 9.72. The third-order valence-corrected chi connectivity index (χ3v) is 3.30. The van der Waals surface area contributed by atoms with E-state index in [1.54, 1.807) is 6.92 Å². The molecule has 1 fully saturated rings. The first-order chi connectivity index (χ1) is 8.30. The van der Waals surface area contributed by atoms with Gasteiger partial charge >= 0.3 is 6.18 Å². The average Bonchev–Trinajstić information content (AvgIpc) is 3.09. The summed E-state index contributed by atoms with van der Waals surface area (Å²) in [6, 6.07) is 2.36. The molecule has 0 radical (unpaired) electrons. The maximum Gasteiger partial charge on any atom is 0.419 e. The third-order valence-electron chi connectivity index (χ3n) is 3.30. The highest BCUT2D eigenvalue weighted by molar-refractivity contribution is 5.98. The number of Topliss-reactive ketones (excluding diaryl/α,β-unsaturated/α-hetero) is 1. The topological polar surface area (TPSA) is 17.1 Å². The van der Waals surface area contributed by atoms with Crippen molar-refractivity contribution in [3.63, 3.8) is 0 Å². The lowest BCUT2D eigenvalue weighted by molar-refractivity contribution is -0.140. The van der Waals surface area contributed by atoms with Crippen LogP contribution in [-0.2, 0) is 6.18 Å². The molecule has 0 aliphatic heterocycles. The van der Waals surface area contributed by atoms with Gasteiger partial charge in [0, 0.05) is 11.5 Å². The molecule has 1 aromatic rings. The molecule has 1 atom stereocenters. The summed E-state index contributed by atoms with van der Waals surface area (Å²) in [6.45, 7) is 1.73. The maximum atomic E-state index is 13.3. The molecule has 98 valence electrons. The average molecular weight is 260 g/mol. The normalized spacial score (nSPS) is 17.6. The Kier molecular flexibility index (Phi) is 3.17. The van der Waals surface area contributed by atoms with Gasteiger partial charge in [0.15, 0.2) is 5.78 Å². The molecular weight excluding hydrogens is 248 g/mol. The van der Waals surface area contributed by atoms with Crippen LogP contribution in [0.5, 0.6) is 0 Å². The molecule has 1 aliphatic rings. The Bertz CT molecular complexity index is 474. The number of ketones is 1. The van der Waals surface area contributed by atoms with E-state index in [1.165, 1.54) is 0 Å². The molecule has 5 heteroatoms. The van der Waals surface area contributed by atoms with Gasteiger partial charge in [0.05, 0.1) is 5.56 Å². The molecule has 0 aromatic heterocycles. The van der Waals surface area contributed by atoms with Crippen LogP contribution in [0.3, 0.4) is 0 Å². The molecule has 0 heterocycles. The molecule has 0 bridgehead atoms. The van der Waals surface area contributed by atoms with Crippen molar-refractivity contribution in [3.8, 4) is 0 Å². The summed E-state index contributed by atoms with van der Waals surface area (Å²) in [5.74, 6) is -1.63. The minimum absolute atomic E-state index is 0.0138. The molecule has 2 rings (SSSR count). The number of benzene rings is 1. The van der Waals surface area contributed by atoms with E-state index in [0.717, 1.165) is 18.9 Å². The van der Waals surface area contributed by atoms with E-state index in [1.807, 2.05) is 0 Å². The van der Waals surface area contributed by atoms with Crippen molar-refractivity contribution in [1.82, 2.24) is 0 Å². The highest BCUT2D eigenvalue weighted by Crippen LogP contribution is 2.38. The zero-order chi connectivity index (χ0) is 13.5. The van der Waals surface area contributed by atoms with Gasteiger partial charge in [0.1, 0.15) is 5.82 Å². The number of rotatable bonds is 3. The highest BCUT2D eigenvalue weighted by Gasteiger charge is 2.36. The van der Waals surface area contributed by atoms with Crippen molar-refractivity contribution in [2.45, 2.75) is 25.9 Å². The van der Waals surface area contributed by atoms with Crippen LogP contribution in [0.4, 0.5) is 17.6 Å². The summed E-state index contributed by atoms with van der Waals surface area (Å²) >= 11 is 0. The van der Waals surface area contributed by atoms with Crippen molar-refractivity contribution in [3.05, 3.63) is 35.1 Å². The van der Waals surface area contributed by atoms with Crippen molar-refractivity contribution < 1.29 is 22.4 Å². The summed E-state index contributed by atoms with van der Waals surface area (Å²) < 4.78 is 50.4. The largest absolute Gasteiger partial charge is 0.419 e. The molecular formula is C13H12F4O. The summed E-state index contributed by atoms with van der Waals surface area (Å²) in [5, 5.41) is 0. The molecule has 18 heavy (non-hydrogen) atoms. The Morgan fingerprint density at radius 3 is 2.39 bits per heavy atom. The van der Waals surface area contributed by atoms with E-state index < -0.39 is 17.6 Å². The van der Waals surface area contributed by atoms with Gasteiger partial charge in [-0.25, -0.2) is 4.39 Å². The molecule has 1 aromatic carbocycles. The van der Waals surface area contributed by atoms with Gasteiger partial charge in [-0.2, -0.15) is 13.2 Å². The molecule has 1 aliphatic carbocycles. The van der Waals surface area contributed by atoms with Crippen LogP contribution in [-0.4, -0.2) is 5.78 Å². The second-order valence-electron chi connectivity index (χ2n) is 4.68. The quantitative estimate of drug-likeness (QED) is 0.591. The van der Waals surface area contributed by atoms with Gasteiger partial charge in [-0.1, -0.05) is 13.0 Å². The van der Waals surface area contributed by atoms with Crippen molar-refractivity contribution in [2.24, 2.45) is 11.8 Å². The molecule has 1 nitrogen and oxygen atoms in total. The predicted octanol–water partition coefficient (Wildman–Crippen LogP) is 4.07. The summed E-state index contributed by atoms with van der Waals surface area (Å²) in [4.78, 5) is 11.9. The fourth-order valence-corrected chi connectivity index (χ4v) is 1.97. The second-order valence-corrected chi connectivity index (χ2v) is 4.68. The number of alkyl halides is 3. The third kappa shape index (κ3) is 2.54. The minimum Gasteiger partial charge on any atom is -0.294 e. The fourth-order valence-electron chi connectivity index (χ4n) is 1.97. The number of hydrogen-bond acceptors (Lipinski definition) is 1. The van der Waals surface area contributed by atoms with E-state index in [9.17, 15) is 22.4 Å².